The van der Waals surface area contributed by atoms with Crippen LogP contribution < -0.4 is 4.74 Å². The van der Waals surface area contributed by atoms with Crippen LogP contribution in [0.15, 0.2) is 24.3 Å². The Bertz CT molecular complexity index is 474. The van der Waals surface area contributed by atoms with Gasteiger partial charge in [-0.3, -0.25) is 0 Å². The fraction of sp³-hybridized carbons (Fsp3) is 0.500. The highest BCUT2D eigenvalue weighted by atomic mass is 28.3. The van der Waals surface area contributed by atoms with Crippen molar-refractivity contribution < 1.29 is 9.47 Å². The van der Waals surface area contributed by atoms with Gasteiger partial charge in [-0.15, -0.1) is 5.54 Å². The average Bonchev–Trinajstić information content (AvgIpc) is 2.38. The van der Waals surface area contributed by atoms with Crippen molar-refractivity contribution in [3.8, 4) is 17.2 Å². The summed E-state index contributed by atoms with van der Waals surface area (Å²) < 4.78 is 11.4. The van der Waals surface area contributed by atoms with Gasteiger partial charge >= 0.3 is 0 Å². The third-order valence-corrected chi connectivity index (χ3v) is 3.80. The summed E-state index contributed by atoms with van der Waals surface area (Å²) in [4.78, 5) is 0. The highest BCUT2D eigenvalue weighted by Crippen LogP contribution is 2.22. The highest BCUT2D eigenvalue weighted by Gasteiger charge is 2.16. The lowest BCUT2D eigenvalue weighted by molar-refractivity contribution is 0.0254. The summed E-state index contributed by atoms with van der Waals surface area (Å²) in [7, 11) is -1.35. The summed E-state index contributed by atoms with van der Waals surface area (Å²) >= 11 is 0. The van der Waals surface area contributed by atoms with Gasteiger partial charge in [0.25, 0.3) is 0 Å². The van der Waals surface area contributed by atoms with E-state index in [1.807, 2.05) is 24.3 Å². The smallest absolute Gasteiger partial charge is 0.135 e. The van der Waals surface area contributed by atoms with E-state index in [0.717, 1.165) is 37.4 Å². The van der Waals surface area contributed by atoms with Crippen LogP contribution in [0.25, 0.3) is 0 Å². The minimum Gasteiger partial charge on any atom is -0.489 e. The highest BCUT2D eigenvalue weighted by molar-refractivity contribution is 6.83. The van der Waals surface area contributed by atoms with Crippen LogP contribution in [0, 0.1) is 11.5 Å². The van der Waals surface area contributed by atoms with E-state index in [4.69, 9.17) is 9.47 Å². The molecular formula is C16H22O2Si. The number of rotatable bonds is 2. The molecule has 1 fully saturated rings. The lowest BCUT2D eigenvalue weighted by atomic mass is 10.1. The number of benzene rings is 1. The molecule has 1 heterocycles. The molecule has 0 aliphatic carbocycles. The first-order valence-corrected chi connectivity index (χ1v) is 10.4. The summed E-state index contributed by atoms with van der Waals surface area (Å²) in [5.41, 5.74) is 4.41. The maximum Gasteiger partial charge on any atom is 0.135 e. The summed E-state index contributed by atoms with van der Waals surface area (Å²) in [5.74, 6) is 4.22. The standard InChI is InChI=1S/C16H22O2Si/c1-19(2,3)13-10-14-6-4-5-7-16(14)18-15-8-11-17-12-9-15/h4-7,15H,8-9,11-12H2,1-3H3. The summed E-state index contributed by atoms with van der Waals surface area (Å²) in [5, 5.41) is 0. The Labute approximate surface area is 117 Å². The van der Waals surface area contributed by atoms with Crippen LogP contribution in [-0.2, 0) is 4.74 Å². The monoisotopic (exact) mass is 274 g/mol. The average molecular weight is 274 g/mol. The third kappa shape index (κ3) is 4.74. The Hall–Kier alpha value is -1.24. The Kier molecular flexibility index (Phi) is 4.68. The van der Waals surface area contributed by atoms with E-state index in [1.165, 1.54) is 0 Å². The zero-order valence-electron chi connectivity index (χ0n) is 12.0. The molecule has 1 aliphatic heterocycles. The van der Waals surface area contributed by atoms with Crippen molar-refractivity contribution >= 4 is 8.07 Å². The number of hydrogen-bond acceptors (Lipinski definition) is 2. The lowest BCUT2D eigenvalue weighted by Crippen LogP contribution is -2.26. The van der Waals surface area contributed by atoms with Crippen LogP contribution >= 0.6 is 0 Å². The summed E-state index contributed by atoms with van der Waals surface area (Å²) in [6.07, 6.45) is 2.20. The molecule has 0 radical (unpaired) electrons. The van der Waals surface area contributed by atoms with Gasteiger partial charge in [-0.25, -0.2) is 0 Å². The molecule has 1 aromatic rings. The quantitative estimate of drug-likeness (QED) is 0.607. The second-order valence-electron chi connectivity index (χ2n) is 5.93. The van der Waals surface area contributed by atoms with Crippen LogP contribution in [0.1, 0.15) is 18.4 Å². The van der Waals surface area contributed by atoms with Gasteiger partial charge in [0.05, 0.1) is 18.8 Å². The first-order valence-electron chi connectivity index (χ1n) is 6.91. The SMILES string of the molecule is C[Si](C)(C)C#Cc1ccccc1OC1CCOCC1. The number of para-hydroxylation sites is 1. The van der Waals surface area contributed by atoms with E-state index in [-0.39, 0.29) is 6.10 Å². The molecule has 0 bridgehead atoms. The second-order valence-corrected chi connectivity index (χ2v) is 10.7. The predicted molar refractivity (Wildman–Crippen MR) is 81.1 cm³/mol. The van der Waals surface area contributed by atoms with E-state index in [1.54, 1.807) is 0 Å². The molecule has 0 aromatic heterocycles. The van der Waals surface area contributed by atoms with Crippen LogP contribution in [0.3, 0.4) is 0 Å². The molecule has 1 saturated heterocycles. The van der Waals surface area contributed by atoms with Crippen LogP contribution in [-0.4, -0.2) is 27.4 Å². The van der Waals surface area contributed by atoms with Gasteiger partial charge in [0.15, 0.2) is 0 Å². The fourth-order valence-corrected chi connectivity index (χ4v) is 2.41. The van der Waals surface area contributed by atoms with Gasteiger partial charge in [-0.1, -0.05) is 37.7 Å². The van der Waals surface area contributed by atoms with Crippen molar-refractivity contribution in [2.75, 3.05) is 13.2 Å². The van der Waals surface area contributed by atoms with Crippen molar-refractivity contribution in [1.82, 2.24) is 0 Å². The summed E-state index contributed by atoms with van der Waals surface area (Å²) in [6.45, 7) is 8.35. The molecule has 2 nitrogen and oxygen atoms in total. The van der Waals surface area contributed by atoms with Crippen LogP contribution in [0.4, 0.5) is 0 Å². The Morgan fingerprint density at radius 1 is 1.16 bits per heavy atom. The van der Waals surface area contributed by atoms with Gasteiger partial charge < -0.3 is 9.47 Å². The van der Waals surface area contributed by atoms with E-state index >= 15 is 0 Å². The molecule has 1 aliphatic rings. The molecule has 0 saturated carbocycles. The number of ether oxygens (including phenoxy) is 2. The minimum absolute atomic E-state index is 0.267. The largest absolute Gasteiger partial charge is 0.489 e. The first-order chi connectivity index (χ1) is 9.04. The van der Waals surface area contributed by atoms with E-state index in [2.05, 4.69) is 31.1 Å². The molecule has 102 valence electrons. The van der Waals surface area contributed by atoms with Gasteiger partial charge in [0.1, 0.15) is 19.9 Å². The Morgan fingerprint density at radius 2 is 1.84 bits per heavy atom. The lowest BCUT2D eigenvalue weighted by Gasteiger charge is -2.23. The Morgan fingerprint density at radius 3 is 2.53 bits per heavy atom. The second kappa shape index (κ2) is 6.27. The van der Waals surface area contributed by atoms with E-state index in [0.29, 0.717) is 0 Å². The molecule has 19 heavy (non-hydrogen) atoms. The van der Waals surface area contributed by atoms with E-state index < -0.39 is 8.07 Å². The maximum atomic E-state index is 6.08. The van der Waals surface area contributed by atoms with Crippen molar-refractivity contribution in [2.45, 2.75) is 38.6 Å². The van der Waals surface area contributed by atoms with Crippen molar-refractivity contribution in [1.29, 1.82) is 0 Å². The molecule has 0 unspecified atom stereocenters. The first kappa shape index (κ1) is 14.2. The molecule has 0 spiro atoms. The molecule has 1 aromatic carbocycles. The third-order valence-electron chi connectivity index (χ3n) is 2.92. The summed E-state index contributed by atoms with van der Waals surface area (Å²) in [6, 6.07) is 8.09. The molecule has 0 N–H and O–H groups in total. The molecule has 0 amide bonds. The van der Waals surface area contributed by atoms with Crippen molar-refractivity contribution in [3.63, 3.8) is 0 Å². The minimum atomic E-state index is -1.35. The van der Waals surface area contributed by atoms with Gasteiger partial charge in [-0.05, 0) is 12.1 Å². The van der Waals surface area contributed by atoms with E-state index in [9.17, 15) is 0 Å². The van der Waals surface area contributed by atoms with Gasteiger partial charge in [-0.2, -0.15) is 0 Å². The molecular weight excluding hydrogens is 252 g/mol. The number of hydrogen-bond donors (Lipinski definition) is 0. The van der Waals surface area contributed by atoms with Crippen LogP contribution in [0.5, 0.6) is 5.75 Å². The Balaban J connectivity index is 2.13. The maximum absolute atomic E-state index is 6.08. The zero-order chi connectivity index (χ0) is 13.7. The zero-order valence-corrected chi connectivity index (χ0v) is 13.0. The van der Waals surface area contributed by atoms with Gasteiger partial charge in [0, 0.05) is 12.8 Å². The molecule has 0 atom stereocenters. The van der Waals surface area contributed by atoms with Crippen molar-refractivity contribution in [3.05, 3.63) is 29.8 Å². The van der Waals surface area contributed by atoms with Gasteiger partial charge in [0.2, 0.25) is 0 Å². The predicted octanol–water partition coefficient (Wildman–Crippen LogP) is 3.47. The van der Waals surface area contributed by atoms with Crippen LogP contribution in [0.2, 0.25) is 19.6 Å². The van der Waals surface area contributed by atoms with Crippen molar-refractivity contribution in [2.24, 2.45) is 0 Å². The topological polar surface area (TPSA) is 18.5 Å². The molecule has 2 rings (SSSR count). The normalized spacial score (nSPS) is 16.6. The fourth-order valence-electron chi connectivity index (χ4n) is 1.90. The molecule has 3 heteroatoms.